The maximum atomic E-state index is 6.03. The number of ether oxygens (including phenoxy) is 2. The first-order valence-electron chi connectivity index (χ1n) is 6.47. The van der Waals surface area contributed by atoms with Crippen molar-refractivity contribution in [3.63, 3.8) is 0 Å². The van der Waals surface area contributed by atoms with Gasteiger partial charge in [-0.15, -0.1) is 11.6 Å². The Labute approximate surface area is 115 Å². The molecule has 0 aliphatic carbocycles. The number of hydrogen-bond acceptors (Lipinski definition) is 2. The van der Waals surface area contributed by atoms with Crippen LogP contribution in [0.1, 0.15) is 29.9 Å². The Morgan fingerprint density at radius 2 is 1.83 bits per heavy atom. The van der Waals surface area contributed by atoms with Gasteiger partial charge in [0.15, 0.2) is 0 Å². The van der Waals surface area contributed by atoms with E-state index in [0.717, 1.165) is 32.7 Å². The quantitative estimate of drug-likeness (QED) is 0.502. The van der Waals surface area contributed by atoms with Gasteiger partial charge < -0.3 is 9.47 Å². The van der Waals surface area contributed by atoms with Crippen molar-refractivity contribution in [1.82, 2.24) is 0 Å². The zero-order valence-corrected chi connectivity index (χ0v) is 12.1. The molecule has 0 bridgehead atoms. The van der Waals surface area contributed by atoms with Crippen molar-refractivity contribution in [2.45, 2.75) is 25.7 Å². The van der Waals surface area contributed by atoms with E-state index in [1.54, 1.807) is 7.11 Å². The largest absolute Gasteiger partial charge is 0.385 e. The van der Waals surface area contributed by atoms with Gasteiger partial charge in [-0.25, -0.2) is 0 Å². The molecule has 0 saturated carbocycles. The van der Waals surface area contributed by atoms with Crippen molar-refractivity contribution < 1.29 is 9.47 Å². The highest BCUT2D eigenvalue weighted by atomic mass is 35.5. The van der Waals surface area contributed by atoms with Crippen molar-refractivity contribution in [3.8, 4) is 0 Å². The topological polar surface area (TPSA) is 18.5 Å². The molecule has 1 atom stereocenters. The van der Waals surface area contributed by atoms with Crippen molar-refractivity contribution >= 4 is 11.6 Å². The minimum Gasteiger partial charge on any atom is -0.385 e. The molecule has 0 fully saturated rings. The highest BCUT2D eigenvalue weighted by Crippen LogP contribution is 2.21. The van der Waals surface area contributed by atoms with E-state index in [2.05, 4.69) is 31.2 Å². The highest BCUT2D eigenvalue weighted by Gasteiger charge is 2.09. The van der Waals surface area contributed by atoms with Crippen molar-refractivity contribution in [2.75, 3.05) is 32.8 Å². The van der Waals surface area contributed by atoms with Crippen LogP contribution in [0.25, 0.3) is 0 Å². The lowest BCUT2D eigenvalue weighted by molar-refractivity contribution is 0.0990. The Morgan fingerprint density at radius 1 is 1.11 bits per heavy atom. The Balaban J connectivity index is 2.27. The van der Waals surface area contributed by atoms with Crippen LogP contribution in [0, 0.1) is 6.92 Å². The standard InChI is InChI=1S/C15H23ClO2/c1-13-4-6-14(7-5-13)15(12-16)8-11-18-10-3-9-17-2/h4-7,15H,3,8-12H2,1-2H3. The molecule has 0 aliphatic rings. The fourth-order valence-electron chi connectivity index (χ4n) is 1.80. The van der Waals surface area contributed by atoms with Gasteiger partial charge in [0.2, 0.25) is 0 Å². The smallest absolute Gasteiger partial charge is 0.0487 e. The van der Waals surface area contributed by atoms with Gasteiger partial charge in [-0.1, -0.05) is 29.8 Å². The summed E-state index contributed by atoms with van der Waals surface area (Å²) in [6.45, 7) is 4.38. The summed E-state index contributed by atoms with van der Waals surface area (Å²) in [7, 11) is 1.71. The number of methoxy groups -OCH3 is 1. The molecule has 1 aromatic rings. The van der Waals surface area contributed by atoms with Gasteiger partial charge in [0.25, 0.3) is 0 Å². The summed E-state index contributed by atoms with van der Waals surface area (Å²) in [5, 5.41) is 0. The Morgan fingerprint density at radius 3 is 2.44 bits per heavy atom. The second-order valence-electron chi connectivity index (χ2n) is 4.51. The zero-order chi connectivity index (χ0) is 13.2. The van der Waals surface area contributed by atoms with E-state index >= 15 is 0 Å². The first-order chi connectivity index (χ1) is 8.77. The van der Waals surface area contributed by atoms with E-state index in [0.29, 0.717) is 11.8 Å². The second-order valence-corrected chi connectivity index (χ2v) is 4.82. The van der Waals surface area contributed by atoms with Crippen LogP contribution in [0.2, 0.25) is 0 Å². The van der Waals surface area contributed by atoms with Crippen LogP contribution in [-0.2, 0) is 9.47 Å². The molecule has 3 heteroatoms. The predicted octanol–water partition coefficient (Wildman–Crippen LogP) is 3.76. The van der Waals surface area contributed by atoms with Gasteiger partial charge in [-0.2, -0.15) is 0 Å². The second kappa shape index (κ2) is 9.37. The lowest BCUT2D eigenvalue weighted by Gasteiger charge is -2.14. The third kappa shape index (κ3) is 5.85. The van der Waals surface area contributed by atoms with Crippen LogP contribution in [0.5, 0.6) is 0 Å². The lowest BCUT2D eigenvalue weighted by atomic mass is 9.97. The Kier molecular flexibility index (Phi) is 8.06. The molecule has 1 rings (SSSR count). The zero-order valence-electron chi connectivity index (χ0n) is 11.3. The van der Waals surface area contributed by atoms with Gasteiger partial charge in [0.1, 0.15) is 0 Å². The van der Waals surface area contributed by atoms with Crippen LogP contribution in [0.3, 0.4) is 0 Å². The van der Waals surface area contributed by atoms with E-state index in [1.807, 2.05) is 0 Å². The monoisotopic (exact) mass is 270 g/mol. The van der Waals surface area contributed by atoms with Gasteiger partial charge in [0.05, 0.1) is 0 Å². The Hall–Kier alpha value is -0.570. The van der Waals surface area contributed by atoms with E-state index in [9.17, 15) is 0 Å². The SMILES string of the molecule is COCCCOCCC(CCl)c1ccc(C)cc1. The maximum absolute atomic E-state index is 6.03. The number of benzene rings is 1. The van der Waals surface area contributed by atoms with Crippen LogP contribution < -0.4 is 0 Å². The average molecular weight is 271 g/mol. The number of alkyl halides is 1. The molecule has 0 amide bonds. The van der Waals surface area contributed by atoms with E-state index in [-0.39, 0.29) is 0 Å². The molecular formula is C15H23ClO2. The molecule has 102 valence electrons. The molecule has 0 aliphatic heterocycles. The minimum absolute atomic E-state index is 0.384. The molecule has 0 saturated heterocycles. The lowest BCUT2D eigenvalue weighted by Crippen LogP contribution is -2.07. The van der Waals surface area contributed by atoms with E-state index in [1.165, 1.54) is 11.1 Å². The molecule has 0 spiro atoms. The van der Waals surface area contributed by atoms with Crippen molar-refractivity contribution in [1.29, 1.82) is 0 Å². The number of halogens is 1. The molecule has 2 nitrogen and oxygen atoms in total. The number of rotatable bonds is 9. The van der Waals surface area contributed by atoms with Crippen molar-refractivity contribution in [2.24, 2.45) is 0 Å². The van der Waals surface area contributed by atoms with Crippen LogP contribution in [-0.4, -0.2) is 32.8 Å². The summed E-state index contributed by atoms with van der Waals surface area (Å²) < 4.78 is 10.5. The normalized spacial score (nSPS) is 12.6. The molecule has 0 N–H and O–H groups in total. The fraction of sp³-hybridized carbons (Fsp3) is 0.600. The van der Waals surface area contributed by atoms with Crippen LogP contribution in [0.4, 0.5) is 0 Å². The molecule has 1 aromatic carbocycles. The summed E-state index contributed by atoms with van der Waals surface area (Å²) in [6, 6.07) is 8.59. The number of aryl methyl sites for hydroxylation is 1. The van der Waals surface area contributed by atoms with Crippen LogP contribution >= 0.6 is 11.6 Å². The van der Waals surface area contributed by atoms with Crippen LogP contribution in [0.15, 0.2) is 24.3 Å². The maximum Gasteiger partial charge on any atom is 0.0487 e. The van der Waals surface area contributed by atoms with Gasteiger partial charge in [-0.05, 0) is 31.2 Å². The summed E-state index contributed by atoms with van der Waals surface area (Å²) >= 11 is 6.03. The molecule has 1 unspecified atom stereocenters. The predicted molar refractivity (Wildman–Crippen MR) is 76.6 cm³/mol. The van der Waals surface area contributed by atoms with Gasteiger partial charge in [-0.3, -0.25) is 0 Å². The van der Waals surface area contributed by atoms with E-state index in [4.69, 9.17) is 21.1 Å². The summed E-state index contributed by atoms with van der Waals surface area (Å²) in [5.74, 6) is 1.03. The van der Waals surface area contributed by atoms with E-state index < -0.39 is 0 Å². The summed E-state index contributed by atoms with van der Waals surface area (Å²) in [6.07, 6.45) is 1.92. The number of hydrogen-bond donors (Lipinski definition) is 0. The molecule has 18 heavy (non-hydrogen) atoms. The molecule has 0 heterocycles. The molecule has 0 radical (unpaired) electrons. The summed E-state index contributed by atoms with van der Waals surface area (Å²) in [4.78, 5) is 0. The van der Waals surface area contributed by atoms with Gasteiger partial charge >= 0.3 is 0 Å². The Bertz CT molecular complexity index is 311. The fourth-order valence-corrected chi connectivity index (χ4v) is 2.14. The third-order valence-corrected chi connectivity index (χ3v) is 3.36. The molecular weight excluding hydrogens is 248 g/mol. The highest BCUT2D eigenvalue weighted by molar-refractivity contribution is 6.18. The third-order valence-electron chi connectivity index (χ3n) is 2.98. The first-order valence-corrected chi connectivity index (χ1v) is 7.00. The summed E-state index contributed by atoms with van der Waals surface area (Å²) in [5.41, 5.74) is 2.58. The molecule has 0 aromatic heterocycles. The first kappa shape index (κ1) is 15.5. The van der Waals surface area contributed by atoms with Gasteiger partial charge in [0, 0.05) is 32.8 Å². The van der Waals surface area contributed by atoms with Crippen molar-refractivity contribution in [3.05, 3.63) is 35.4 Å². The average Bonchev–Trinajstić information content (AvgIpc) is 2.39. The minimum atomic E-state index is 0.384.